The molecule has 0 aliphatic rings. The highest BCUT2D eigenvalue weighted by Gasteiger charge is 2.05. The second-order valence-corrected chi connectivity index (χ2v) is 6.36. The monoisotopic (exact) mass is 335 g/mol. The molecule has 0 heterocycles. The number of amides is 1. The lowest BCUT2D eigenvalue weighted by atomic mass is 10.1. The molecule has 1 atom stereocenters. The van der Waals surface area contributed by atoms with Gasteiger partial charge in [0.1, 0.15) is 0 Å². The van der Waals surface area contributed by atoms with E-state index in [1.165, 1.54) is 38.5 Å². The molecule has 1 N–H and O–H groups in total. The van der Waals surface area contributed by atoms with Crippen molar-refractivity contribution >= 4 is 21.8 Å². The number of nitrogens with one attached hydrogen (secondary N) is 1. The van der Waals surface area contributed by atoms with E-state index in [-0.39, 0.29) is 5.91 Å². The van der Waals surface area contributed by atoms with Crippen LogP contribution in [0.25, 0.3) is 0 Å². The van der Waals surface area contributed by atoms with E-state index in [4.69, 9.17) is 4.74 Å². The summed E-state index contributed by atoms with van der Waals surface area (Å²) in [7, 11) is 1.69. The van der Waals surface area contributed by atoms with Crippen molar-refractivity contribution in [2.24, 2.45) is 0 Å². The lowest BCUT2D eigenvalue weighted by molar-refractivity contribution is -0.121. The zero-order chi connectivity index (χ0) is 14.3. The number of methoxy groups -OCH3 is 1. The fourth-order valence-corrected chi connectivity index (χ4v) is 2.46. The molecule has 0 bridgehead atoms. The Morgan fingerprint density at radius 3 is 2.42 bits per heavy atom. The molecule has 19 heavy (non-hydrogen) atoms. The minimum Gasteiger partial charge on any atom is -0.384 e. The van der Waals surface area contributed by atoms with Crippen LogP contribution >= 0.6 is 15.9 Å². The lowest BCUT2D eigenvalue weighted by Gasteiger charge is -2.09. The van der Waals surface area contributed by atoms with Gasteiger partial charge < -0.3 is 10.1 Å². The molecule has 0 aromatic heterocycles. The van der Waals surface area contributed by atoms with Gasteiger partial charge in [0.05, 0.1) is 6.61 Å². The largest absolute Gasteiger partial charge is 0.384 e. The number of alkyl halides is 1. The third-order valence-electron chi connectivity index (χ3n) is 3.13. The first-order chi connectivity index (χ1) is 9.20. The van der Waals surface area contributed by atoms with Gasteiger partial charge in [0, 0.05) is 24.9 Å². The van der Waals surface area contributed by atoms with E-state index < -0.39 is 0 Å². The molecule has 0 aliphatic heterocycles. The fourth-order valence-electron chi connectivity index (χ4n) is 1.96. The van der Waals surface area contributed by atoms with Gasteiger partial charge in [-0.2, -0.15) is 0 Å². The van der Waals surface area contributed by atoms with Crippen molar-refractivity contribution in [2.75, 3.05) is 20.3 Å². The number of halogens is 1. The first-order valence-electron chi connectivity index (χ1n) is 7.60. The van der Waals surface area contributed by atoms with Crippen LogP contribution in [-0.4, -0.2) is 31.0 Å². The summed E-state index contributed by atoms with van der Waals surface area (Å²) in [6.07, 6.45) is 10.4. The van der Waals surface area contributed by atoms with Gasteiger partial charge >= 0.3 is 0 Å². The average Bonchev–Trinajstić information content (AvgIpc) is 2.38. The van der Waals surface area contributed by atoms with Crippen molar-refractivity contribution in [1.82, 2.24) is 5.32 Å². The smallest absolute Gasteiger partial charge is 0.219 e. The Hall–Kier alpha value is -0.0900. The quantitative estimate of drug-likeness (QED) is 0.407. The molecule has 0 spiro atoms. The molecule has 0 radical (unpaired) electrons. The fraction of sp³-hybridized carbons (Fsp3) is 0.933. The molecule has 1 amide bonds. The van der Waals surface area contributed by atoms with Crippen molar-refractivity contribution in [1.29, 1.82) is 0 Å². The predicted molar refractivity (Wildman–Crippen MR) is 84.8 cm³/mol. The highest BCUT2D eigenvalue weighted by molar-refractivity contribution is 9.09. The van der Waals surface area contributed by atoms with E-state index in [0.717, 1.165) is 19.4 Å². The van der Waals surface area contributed by atoms with Gasteiger partial charge in [-0.3, -0.25) is 4.79 Å². The van der Waals surface area contributed by atoms with Crippen molar-refractivity contribution in [2.45, 2.75) is 69.5 Å². The molecular weight excluding hydrogens is 306 g/mol. The number of carbonyl (C=O) groups excluding carboxylic acids is 1. The first kappa shape index (κ1) is 18.9. The Labute approximate surface area is 127 Å². The van der Waals surface area contributed by atoms with E-state index >= 15 is 0 Å². The van der Waals surface area contributed by atoms with E-state index in [2.05, 4.69) is 28.2 Å². The number of hydrogen-bond acceptors (Lipinski definition) is 2. The Balaban J connectivity index is 3.25. The zero-order valence-electron chi connectivity index (χ0n) is 12.5. The van der Waals surface area contributed by atoms with Crippen LogP contribution in [0.2, 0.25) is 0 Å². The SMILES string of the molecule is CCCCCCCCCC(=O)NCCC(Br)COC. The number of unbranched alkanes of at least 4 members (excludes halogenated alkanes) is 6. The van der Waals surface area contributed by atoms with Crippen molar-refractivity contribution in [3.8, 4) is 0 Å². The summed E-state index contributed by atoms with van der Waals surface area (Å²) in [5, 5.41) is 2.96. The molecule has 0 aromatic carbocycles. The molecule has 0 aromatic rings. The highest BCUT2D eigenvalue weighted by Crippen LogP contribution is 2.08. The summed E-state index contributed by atoms with van der Waals surface area (Å²) in [5.41, 5.74) is 0. The number of rotatable bonds is 13. The molecular formula is C15H30BrNO2. The van der Waals surface area contributed by atoms with Crippen molar-refractivity contribution < 1.29 is 9.53 Å². The van der Waals surface area contributed by atoms with Gasteiger partial charge in [-0.05, 0) is 12.8 Å². The van der Waals surface area contributed by atoms with Gasteiger partial charge in [-0.25, -0.2) is 0 Å². The summed E-state index contributed by atoms with van der Waals surface area (Å²) in [5.74, 6) is 0.186. The van der Waals surface area contributed by atoms with Gasteiger partial charge in [-0.15, -0.1) is 0 Å². The third kappa shape index (κ3) is 14.1. The molecule has 0 saturated carbocycles. The molecule has 1 unspecified atom stereocenters. The minimum absolute atomic E-state index is 0.186. The topological polar surface area (TPSA) is 38.3 Å². The Bertz CT molecular complexity index is 212. The Morgan fingerprint density at radius 2 is 1.79 bits per heavy atom. The van der Waals surface area contributed by atoms with Gasteiger partial charge in [0.2, 0.25) is 5.91 Å². The summed E-state index contributed by atoms with van der Waals surface area (Å²) >= 11 is 3.51. The summed E-state index contributed by atoms with van der Waals surface area (Å²) < 4.78 is 5.02. The molecule has 114 valence electrons. The molecule has 0 fully saturated rings. The van der Waals surface area contributed by atoms with Crippen LogP contribution in [0.3, 0.4) is 0 Å². The van der Waals surface area contributed by atoms with E-state index in [0.29, 0.717) is 17.9 Å². The number of hydrogen-bond donors (Lipinski definition) is 1. The molecule has 0 saturated heterocycles. The predicted octanol–water partition coefficient (Wildman–Crippen LogP) is 4.04. The van der Waals surface area contributed by atoms with Crippen LogP contribution in [0.4, 0.5) is 0 Å². The first-order valence-corrected chi connectivity index (χ1v) is 8.52. The third-order valence-corrected chi connectivity index (χ3v) is 3.86. The summed E-state index contributed by atoms with van der Waals surface area (Å²) in [6, 6.07) is 0. The van der Waals surface area contributed by atoms with Crippen LogP contribution in [-0.2, 0) is 9.53 Å². The summed E-state index contributed by atoms with van der Waals surface area (Å²) in [6.45, 7) is 3.65. The maximum atomic E-state index is 11.6. The standard InChI is InChI=1S/C15H30BrNO2/c1-3-4-5-6-7-8-9-10-15(18)17-12-11-14(16)13-19-2/h14H,3-13H2,1-2H3,(H,17,18). The highest BCUT2D eigenvalue weighted by atomic mass is 79.9. The van der Waals surface area contributed by atoms with Gasteiger partial charge in [0.25, 0.3) is 0 Å². The lowest BCUT2D eigenvalue weighted by Crippen LogP contribution is -2.26. The normalized spacial score (nSPS) is 12.4. The second kappa shape index (κ2) is 14.3. The van der Waals surface area contributed by atoms with Crippen LogP contribution in [0.5, 0.6) is 0 Å². The molecule has 4 heteroatoms. The Kier molecular flexibility index (Phi) is 14.3. The van der Waals surface area contributed by atoms with E-state index in [1.54, 1.807) is 7.11 Å². The van der Waals surface area contributed by atoms with Crippen molar-refractivity contribution in [3.63, 3.8) is 0 Å². The van der Waals surface area contributed by atoms with Crippen LogP contribution in [0, 0.1) is 0 Å². The molecule has 0 aliphatic carbocycles. The Morgan fingerprint density at radius 1 is 1.16 bits per heavy atom. The van der Waals surface area contributed by atoms with Gasteiger partial charge in [0.15, 0.2) is 0 Å². The van der Waals surface area contributed by atoms with Crippen LogP contribution < -0.4 is 5.32 Å². The molecule has 3 nitrogen and oxygen atoms in total. The van der Waals surface area contributed by atoms with Crippen molar-refractivity contribution in [3.05, 3.63) is 0 Å². The molecule has 0 rings (SSSR count). The van der Waals surface area contributed by atoms with E-state index in [1.807, 2.05) is 0 Å². The maximum absolute atomic E-state index is 11.6. The minimum atomic E-state index is 0.186. The van der Waals surface area contributed by atoms with E-state index in [9.17, 15) is 4.79 Å². The maximum Gasteiger partial charge on any atom is 0.219 e. The second-order valence-electron chi connectivity index (χ2n) is 5.06. The summed E-state index contributed by atoms with van der Waals surface area (Å²) in [4.78, 5) is 11.9. The zero-order valence-corrected chi connectivity index (χ0v) is 14.1. The number of ether oxygens (including phenoxy) is 1. The average molecular weight is 336 g/mol. The van der Waals surface area contributed by atoms with Crippen LogP contribution in [0.1, 0.15) is 64.7 Å². The van der Waals surface area contributed by atoms with Gasteiger partial charge in [-0.1, -0.05) is 61.4 Å². The van der Waals surface area contributed by atoms with Crippen LogP contribution in [0.15, 0.2) is 0 Å². The number of carbonyl (C=O) groups is 1.